The van der Waals surface area contributed by atoms with E-state index in [1.807, 2.05) is 26.5 Å². The second-order valence-corrected chi connectivity index (χ2v) is 5.98. The molecule has 3 rings (SSSR count). The lowest BCUT2D eigenvalue weighted by atomic mass is 9.81. The molecule has 2 heterocycles. The van der Waals surface area contributed by atoms with Crippen LogP contribution < -0.4 is 0 Å². The van der Waals surface area contributed by atoms with Crippen LogP contribution in [0.2, 0.25) is 0 Å². The summed E-state index contributed by atoms with van der Waals surface area (Å²) >= 11 is 0. The SMILES string of the molecule is CC1Cc2cn[nH]c2C(C(=O)N(C)Cc2cn(C)nn2)C1. The molecule has 0 saturated carbocycles. The fourth-order valence-corrected chi connectivity index (χ4v) is 3.04. The zero-order valence-electron chi connectivity index (χ0n) is 12.6. The quantitative estimate of drug-likeness (QED) is 0.908. The first kappa shape index (κ1) is 13.8. The number of hydrogen-bond donors (Lipinski definition) is 1. The molecule has 0 aromatic carbocycles. The van der Waals surface area contributed by atoms with Crippen LogP contribution in [0.3, 0.4) is 0 Å². The van der Waals surface area contributed by atoms with Crippen molar-refractivity contribution in [3.05, 3.63) is 29.3 Å². The molecule has 21 heavy (non-hydrogen) atoms. The molecule has 0 saturated heterocycles. The van der Waals surface area contributed by atoms with Crippen LogP contribution in [0.4, 0.5) is 0 Å². The number of aromatic nitrogens is 5. The van der Waals surface area contributed by atoms with Crippen LogP contribution in [0.1, 0.15) is 36.2 Å². The van der Waals surface area contributed by atoms with Crippen LogP contribution in [0.15, 0.2) is 12.4 Å². The fourth-order valence-electron chi connectivity index (χ4n) is 3.04. The van der Waals surface area contributed by atoms with Crippen LogP contribution in [0.5, 0.6) is 0 Å². The lowest BCUT2D eigenvalue weighted by Gasteiger charge is -2.29. The Hall–Kier alpha value is -2.18. The number of hydrogen-bond acceptors (Lipinski definition) is 4. The Bertz CT molecular complexity index is 645. The predicted molar refractivity (Wildman–Crippen MR) is 76.3 cm³/mol. The molecule has 0 spiro atoms. The first-order valence-corrected chi connectivity index (χ1v) is 7.17. The summed E-state index contributed by atoms with van der Waals surface area (Å²) in [5.74, 6) is 0.472. The van der Waals surface area contributed by atoms with Gasteiger partial charge in [0, 0.05) is 20.3 Å². The van der Waals surface area contributed by atoms with Crippen LogP contribution in [-0.4, -0.2) is 43.0 Å². The van der Waals surface area contributed by atoms with Gasteiger partial charge in [-0.05, 0) is 24.3 Å². The molecule has 0 radical (unpaired) electrons. The van der Waals surface area contributed by atoms with E-state index in [0.29, 0.717) is 12.5 Å². The van der Waals surface area contributed by atoms with Gasteiger partial charge >= 0.3 is 0 Å². The Kier molecular flexibility index (Phi) is 3.48. The van der Waals surface area contributed by atoms with E-state index in [0.717, 1.165) is 24.2 Å². The largest absolute Gasteiger partial charge is 0.339 e. The van der Waals surface area contributed by atoms with Gasteiger partial charge in [0.15, 0.2) is 0 Å². The molecule has 1 amide bonds. The third-order valence-electron chi connectivity index (χ3n) is 4.03. The zero-order valence-corrected chi connectivity index (χ0v) is 12.6. The maximum Gasteiger partial charge on any atom is 0.231 e. The maximum atomic E-state index is 12.7. The standard InChI is InChI=1S/C14H20N6O/c1-9-4-10-6-15-17-13(10)12(5-9)14(21)19(2)7-11-8-20(3)18-16-11/h6,8-9,12H,4-5,7H2,1-3H3,(H,15,17). The maximum absolute atomic E-state index is 12.7. The zero-order chi connectivity index (χ0) is 15.0. The Balaban J connectivity index is 1.76. The van der Waals surface area contributed by atoms with Crippen molar-refractivity contribution >= 4 is 5.91 Å². The normalized spacial score (nSPS) is 21.1. The molecule has 7 nitrogen and oxygen atoms in total. The summed E-state index contributed by atoms with van der Waals surface area (Å²) < 4.78 is 1.64. The summed E-state index contributed by atoms with van der Waals surface area (Å²) in [4.78, 5) is 14.5. The number of fused-ring (bicyclic) bond motifs is 1. The van der Waals surface area contributed by atoms with Crippen molar-refractivity contribution in [2.75, 3.05) is 7.05 Å². The molecule has 1 N–H and O–H groups in total. The summed E-state index contributed by atoms with van der Waals surface area (Å²) in [5.41, 5.74) is 2.94. The van der Waals surface area contributed by atoms with E-state index in [1.165, 1.54) is 5.56 Å². The number of H-pyrrole nitrogens is 1. The summed E-state index contributed by atoms with van der Waals surface area (Å²) in [6.07, 6.45) is 5.52. The van der Waals surface area contributed by atoms with E-state index >= 15 is 0 Å². The number of likely N-dealkylation sites (N-methyl/N-ethyl adjacent to an activating group) is 1. The van der Waals surface area contributed by atoms with Gasteiger partial charge in [-0.2, -0.15) is 5.10 Å². The molecule has 1 aliphatic rings. The highest BCUT2D eigenvalue weighted by Crippen LogP contribution is 2.34. The topological polar surface area (TPSA) is 79.7 Å². The van der Waals surface area contributed by atoms with Gasteiger partial charge in [-0.15, -0.1) is 5.10 Å². The molecule has 0 fully saturated rings. The van der Waals surface area contributed by atoms with Gasteiger partial charge in [0.25, 0.3) is 0 Å². The second kappa shape index (κ2) is 5.31. The van der Waals surface area contributed by atoms with Crippen LogP contribution in [0, 0.1) is 5.92 Å². The van der Waals surface area contributed by atoms with Gasteiger partial charge in [-0.25, -0.2) is 0 Å². The van der Waals surface area contributed by atoms with Gasteiger partial charge < -0.3 is 4.90 Å². The number of carbonyl (C=O) groups is 1. The summed E-state index contributed by atoms with van der Waals surface area (Å²) in [7, 11) is 3.63. The highest BCUT2D eigenvalue weighted by atomic mass is 16.2. The second-order valence-electron chi connectivity index (χ2n) is 5.98. The third kappa shape index (κ3) is 2.68. The van der Waals surface area contributed by atoms with Crippen LogP contribution in [0.25, 0.3) is 0 Å². The predicted octanol–water partition coefficient (Wildman–Crippen LogP) is 0.863. The monoisotopic (exact) mass is 288 g/mol. The Morgan fingerprint density at radius 1 is 1.57 bits per heavy atom. The molecule has 2 aromatic heterocycles. The number of aromatic amines is 1. The molecule has 7 heteroatoms. The Morgan fingerprint density at radius 3 is 3.10 bits per heavy atom. The third-order valence-corrected chi connectivity index (χ3v) is 4.03. The van der Waals surface area contributed by atoms with E-state index in [9.17, 15) is 4.79 Å². The smallest absolute Gasteiger partial charge is 0.231 e. The molecule has 0 bridgehead atoms. The van der Waals surface area contributed by atoms with E-state index in [2.05, 4.69) is 27.4 Å². The van der Waals surface area contributed by atoms with E-state index in [-0.39, 0.29) is 11.8 Å². The van der Waals surface area contributed by atoms with Gasteiger partial charge in [-0.1, -0.05) is 12.1 Å². The molecular formula is C14H20N6O. The van der Waals surface area contributed by atoms with Gasteiger partial charge in [0.05, 0.1) is 24.4 Å². The highest BCUT2D eigenvalue weighted by Gasteiger charge is 2.33. The summed E-state index contributed by atoms with van der Waals surface area (Å²) in [5, 5.41) is 15.0. The minimum Gasteiger partial charge on any atom is -0.339 e. The molecule has 2 atom stereocenters. The van der Waals surface area contributed by atoms with Crippen molar-refractivity contribution in [2.45, 2.75) is 32.2 Å². The molecule has 2 aromatic rings. The Morgan fingerprint density at radius 2 is 2.38 bits per heavy atom. The van der Waals surface area contributed by atoms with E-state index in [4.69, 9.17) is 0 Å². The van der Waals surface area contributed by atoms with Crippen molar-refractivity contribution in [1.82, 2.24) is 30.1 Å². The first-order valence-electron chi connectivity index (χ1n) is 7.17. The summed E-state index contributed by atoms with van der Waals surface area (Å²) in [6.45, 7) is 2.65. The average molecular weight is 288 g/mol. The number of nitrogens with one attached hydrogen (secondary N) is 1. The highest BCUT2D eigenvalue weighted by molar-refractivity contribution is 5.83. The van der Waals surface area contributed by atoms with E-state index in [1.54, 1.807) is 9.58 Å². The fraction of sp³-hybridized carbons (Fsp3) is 0.571. The van der Waals surface area contributed by atoms with Gasteiger partial charge in [0.2, 0.25) is 5.91 Å². The van der Waals surface area contributed by atoms with Crippen LogP contribution in [-0.2, 0) is 24.8 Å². The number of amides is 1. The average Bonchev–Trinajstić information content (AvgIpc) is 3.05. The Labute approximate surface area is 123 Å². The lowest BCUT2D eigenvalue weighted by molar-refractivity contribution is -0.132. The van der Waals surface area contributed by atoms with Crippen molar-refractivity contribution in [2.24, 2.45) is 13.0 Å². The summed E-state index contributed by atoms with van der Waals surface area (Å²) in [6, 6.07) is 0. The molecular weight excluding hydrogens is 268 g/mol. The van der Waals surface area contributed by atoms with Gasteiger partial charge in [-0.3, -0.25) is 14.6 Å². The number of carbonyl (C=O) groups excluding carboxylic acids is 1. The molecule has 1 aliphatic carbocycles. The minimum absolute atomic E-state index is 0.109. The number of rotatable bonds is 3. The molecule has 112 valence electrons. The van der Waals surface area contributed by atoms with Crippen LogP contribution >= 0.6 is 0 Å². The van der Waals surface area contributed by atoms with Gasteiger partial charge in [0.1, 0.15) is 5.69 Å². The van der Waals surface area contributed by atoms with Crippen molar-refractivity contribution in [3.8, 4) is 0 Å². The van der Waals surface area contributed by atoms with Crippen molar-refractivity contribution in [3.63, 3.8) is 0 Å². The number of nitrogens with zero attached hydrogens (tertiary/aromatic N) is 5. The first-order chi connectivity index (χ1) is 10.0. The molecule has 0 aliphatic heterocycles. The van der Waals surface area contributed by atoms with Crippen molar-refractivity contribution < 1.29 is 4.79 Å². The number of aryl methyl sites for hydroxylation is 1. The minimum atomic E-state index is -0.132. The van der Waals surface area contributed by atoms with E-state index < -0.39 is 0 Å². The molecule has 2 unspecified atom stereocenters. The van der Waals surface area contributed by atoms with Crippen molar-refractivity contribution in [1.29, 1.82) is 0 Å². The lowest BCUT2D eigenvalue weighted by Crippen LogP contribution is -2.34.